The van der Waals surface area contributed by atoms with Crippen molar-refractivity contribution in [3.63, 3.8) is 0 Å². The average Bonchev–Trinajstić information content (AvgIpc) is 2.36. The molecule has 0 spiro atoms. The first kappa shape index (κ1) is 11.7. The highest BCUT2D eigenvalue weighted by Gasteiger charge is 2.01. The van der Waals surface area contributed by atoms with Crippen molar-refractivity contribution >= 4 is 23.0 Å². The molecule has 1 aromatic carbocycles. The second-order valence-electron chi connectivity index (χ2n) is 3.70. The van der Waals surface area contributed by atoms with E-state index in [9.17, 15) is 0 Å². The van der Waals surface area contributed by atoms with Crippen LogP contribution in [0.25, 0.3) is 0 Å². The molecule has 0 saturated heterocycles. The summed E-state index contributed by atoms with van der Waals surface area (Å²) in [6, 6.07) is 11.5. The van der Waals surface area contributed by atoms with E-state index in [2.05, 4.69) is 10.3 Å². The number of nitrogens with zero attached hydrogens (tertiary/aromatic N) is 1. The minimum atomic E-state index is 0.577. The highest BCUT2D eigenvalue weighted by atomic mass is 35.5. The standard InChI is InChI=1S/C13H14ClN3/c14-11-5-3-6-12(13(11)15)17-9-7-10-4-1-2-8-16-10/h1-6,8,17H,7,9,15H2. The Kier molecular flexibility index (Phi) is 3.83. The molecule has 4 heteroatoms. The van der Waals surface area contributed by atoms with Gasteiger partial charge in [-0.1, -0.05) is 23.7 Å². The average molecular weight is 248 g/mol. The Labute approximate surface area is 106 Å². The van der Waals surface area contributed by atoms with Crippen molar-refractivity contribution in [1.29, 1.82) is 0 Å². The Morgan fingerprint density at radius 1 is 1.18 bits per heavy atom. The fourth-order valence-corrected chi connectivity index (χ4v) is 1.74. The summed E-state index contributed by atoms with van der Waals surface area (Å²) in [6.07, 6.45) is 2.65. The SMILES string of the molecule is Nc1c(Cl)cccc1NCCc1ccccn1. The molecule has 88 valence electrons. The normalized spacial score (nSPS) is 10.2. The monoisotopic (exact) mass is 247 g/mol. The van der Waals surface area contributed by atoms with E-state index in [0.717, 1.165) is 24.3 Å². The van der Waals surface area contributed by atoms with Crippen molar-refractivity contribution < 1.29 is 0 Å². The number of nitrogens with two attached hydrogens (primary N) is 1. The Hall–Kier alpha value is -1.74. The van der Waals surface area contributed by atoms with Crippen LogP contribution in [0.1, 0.15) is 5.69 Å². The molecule has 3 nitrogen and oxygen atoms in total. The maximum absolute atomic E-state index is 5.93. The predicted octanol–water partition coefficient (Wildman–Crippen LogP) is 2.97. The number of hydrogen-bond acceptors (Lipinski definition) is 3. The molecular weight excluding hydrogens is 234 g/mol. The molecule has 17 heavy (non-hydrogen) atoms. The molecule has 1 heterocycles. The summed E-state index contributed by atoms with van der Waals surface area (Å²) in [5, 5.41) is 3.83. The molecule has 1 aromatic heterocycles. The van der Waals surface area contributed by atoms with Crippen molar-refractivity contribution in [2.24, 2.45) is 0 Å². The molecular formula is C13H14ClN3. The summed E-state index contributed by atoms with van der Waals surface area (Å²) in [6.45, 7) is 0.779. The Balaban J connectivity index is 1.93. The molecule has 2 aromatic rings. The fourth-order valence-electron chi connectivity index (χ4n) is 1.56. The summed E-state index contributed by atoms with van der Waals surface area (Å²) in [7, 11) is 0. The number of pyridine rings is 1. The van der Waals surface area contributed by atoms with E-state index in [0.29, 0.717) is 10.7 Å². The van der Waals surface area contributed by atoms with Gasteiger partial charge in [0.1, 0.15) is 0 Å². The lowest BCUT2D eigenvalue weighted by atomic mass is 10.2. The van der Waals surface area contributed by atoms with Gasteiger partial charge < -0.3 is 11.1 Å². The summed E-state index contributed by atoms with van der Waals surface area (Å²) < 4.78 is 0. The zero-order valence-electron chi connectivity index (χ0n) is 9.36. The van der Waals surface area contributed by atoms with E-state index >= 15 is 0 Å². The van der Waals surface area contributed by atoms with Gasteiger partial charge >= 0.3 is 0 Å². The fraction of sp³-hybridized carbons (Fsp3) is 0.154. The maximum atomic E-state index is 5.93. The van der Waals surface area contributed by atoms with E-state index < -0.39 is 0 Å². The smallest absolute Gasteiger partial charge is 0.0739 e. The van der Waals surface area contributed by atoms with Crippen LogP contribution in [0.15, 0.2) is 42.6 Å². The predicted molar refractivity (Wildman–Crippen MR) is 72.3 cm³/mol. The molecule has 3 N–H and O–H groups in total. The van der Waals surface area contributed by atoms with E-state index in [-0.39, 0.29) is 0 Å². The lowest BCUT2D eigenvalue weighted by molar-refractivity contribution is 0.962. The topological polar surface area (TPSA) is 50.9 Å². The molecule has 0 aliphatic heterocycles. The quantitative estimate of drug-likeness (QED) is 0.817. The van der Waals surface area contributed by atoms with Gasteiger partial charge in [-0.2, -0.15) is 0 Å². The maximum Gasteiger partial charge on any atom is 0.0739 e. The van der Waals surface area contributed by atoms with Crippen LogP contribution < -0.4 is 11.1 Å². The van der Waals surface area contributed by atoms with Crippen LogP contribution in [0.3, 0.4) is 0 Å². The van der Waals surface area contributed by atoms with E-state index in [1.807, 2.05) is 30.3 Å². The van der Waals surface area contributed by atoms with Crippen molar-refractivity contribution in [1.82, 2.24) is 4.98 Å². The van der Waals surface area contributed by atoms with E-state index in [1.54, 1.807) is 12.3 Å². The zero-order valence-corrected chi connectivity index (χ0v) is 10.1. The zero-order chi connectivity index (χ0) is 12.1. The largest absolute Gasteiger partial charge is 0.396 e. The number of hydrogen-bond donors (Lipinski definition) is 2. The number of rotatable bonds is 4. The summed E-state index contributed by atoms with van der Waals surface area (Å²) in [5.41, 5.74) is 8.37. The van der Waals surface area contributed by atoms with Gasteiger partial charge in [-0.3, -0.25) is 4.98 Å². The van der Waals surface area contributed by atoms with Crippen LogP contribution in [0.4, 0.5) is 11.4 Å². The summed E-state index contributed by atoms with van der Waals surface area (Å²) in [5.74, 6) is 0. The van der Waals surface area contributed by atoms with E-state index in [1.165, 1.54) is 0 Å². The van der Waals surface area contributed by atoms with Gasteiger partial charge in [-0.05, 0) is 24.3 Å². The number of para-hydroxylation sites is 1. The van der Waals surface area contributed by atoms with E-state index in [4.69, 9.17) is 17.3 Å². The van der Waals surface area contributed by atoms with Gasteiger partial charge in [-0.25, -0.2) is 0 Å². The molecule has 0 aliphatic carbocycles. The van der Waals surface area contributed by atoms with Crippen molar-refractivity contribution in [2.45, 2.75) is 6.42 Å². The molecule has 0 unspecified atom stereocenters. The van der Waals surface area contributed by atoms with Crippen LogP contribution in [-0.4, -0.2) is 11.5 Å². The molecule has 0 atom stereocenters. The van der Waals surface area contributed by atoms with Gasteiger partial charge in [0.15, 0.2) is 0 Å². The number of anilines is 2. The Morgan fingerprint density at radius 2 is 2.06 bits per heavy atom. The molecule has 0 aliphatic rings. The lowest BCUT2D eigenvalue weighted by Crippen LogP contribution is -2.07. The second kappa shape index (κ2) is 5.55. The molecule has 0 bridgehead atoms. The minimum absolute atomic E-state index is 0.577. The molecule has 0 fully saturated rings. The first-order chi connectivity index (χ1) is 8.27. The summed E-state index contributed by atoms with van der Waals surface area (Å²) in [4.78, 5) is 4.25. The number of aromatic nitrogens is 1. The van der Waals surface area contributed by atoms with Crippen LogP contribution in [0.2, 0.25) is 5.02 Å². The van der Waals surface area contributed by atoms with Crippen molar-refractivity contribution in [2.75, 3.05) is 17.6 Å². The highest BCUT2D eigenvalue weighted by molar-refractivity contribution is 6.33. The van der Waals surface area contributed by atoms with Gasteiger partial charge in [0.2, 0.25) is 0 Å². The number of nitrogens with one attached hydrogen (secondary N) is 1. The number of nitrogen functional groups attached to an aromatic ring is 1. The third-order valence-corrected chi connectivity index (χ3v) is 2.81. The number of halogens is 1. The Bertz CT molecular complexity index is 485. The summed E-state index contributed by atoms with van der Waals surface area (Å²) >= 11 is 5.93. The van der Waals surface area contributed by atoms with Crippen molar-refractivity contribution in [3.8, 4) is 0 Å². The third kappa shape index (κ3) is 3.11. The minimum Gasteiger partial charge on any atom is -0.396 e. The number of benzene rings is 1. The second-order valence-corrected chi connectivity index (χ2v) is 4.11. The van der Waals surface area contributed by atoms with Gasteiger partial charge in [0.25, 0.3) is 0 Å². The van der Waals surface area contributed by atoms with Gasteiger partial charge in [0, 0.05) is 24.9 Å². The first-order valence-electron chi connectivity index (χ1n) is 5.45. The molecule has 0 amide bonds. The first-order valence-corrected chi connectivity index (χ1v) is 5.83. The molecule has 0 saturated carbocycles. The van der Waals surface area contributed by atoms with Gasteiger partial charge in [-0.15, -0.1) is 0 Å². The third-order valence-electron chi connectivity index (χ3n) is 2.48. The van der Waals surface area contributed by atoms with Crippen LogP contribution in [0, 0.1) is 0 Å². The van der Waals surface area contributed by atoms with Gasteiger partial charge in [0.05, 0.1) is 16.4 Å². The highest BCUT2D eigenvalue weighted by Crippen LogP contribution is 2.26. The van der Waals surface area contributed by atoms with Crippen LogP contribution in [0.5, 0.6) is 0 Å². The van der Waals surface area contributed by atoms with Crippen LogP contribution in [-0.2, 0) is 6.42 Å². The van der Waals surface area contributed by atoms with Crippen LogP contribution >= 0.6 is 11.6 Å². The molecule has 0 radical (unpaired) electrons. The lowest BCUT2D eigenvalue weighted by Gasteiger charge is -2.09. The molecule has 2 rings (SSSR count). The van der Waals surface area contributed by atoms with Crippen molar-refractivity contribution in [3.05, 3.63) is 53.3 Å². The Morgan fingerprint density at radius 3 is 2.82 bits per heavy atom.